The second-order valence-corrected chi connectivity index (χ2v) is 5.32. The Morgan fingerprint density at radius 2 is 1.89 bits per heavy atom. The number of hydrogen-bond acceptors (Lipinski definition) is 3. The molecule has 1 heterocycles. The molecule has 1 aromatic heterocycles. The van der Waals surface area contributed by atoms with E-state index in [4.69, 9.17) is 5.26 Å². The maximum Gasteiger partial charge on any atom is 0.100 e. The summed E-state index contributed by atoms with van der Waals surface area (Å²) in [7, 11) is 0. The molecule has 92 valence electrons. The minimum absolute atomic E-state index is 0.736. The first-order valence-electron chi connectivity index (χ1n) is 6.05. The van der Waals surface area contributed by atoms with Crippen molar-refractivity contribution in [2.45, 2.75) is 6.54 Å². The van der Waals surface area contributed by atoms with Gasteiger partial charge in [0.25, 0.3) is 0 Å². The molecule has 0 spiro atoms. The normalized spacial score (nSPS) is 10.3. The van der Waals surface area contributed by atoms with Crippen molar-refractivity contribution in [2.24, 2.45) is 0 Å². The van der Waals surface area contributed by atoms with Crippen LogP contribution in [0.25, 0.3) is 10.8 Å². The monoisotopic (exact) mass is 264 g/mol. The van der Waals surface area contributed by atoms with Gasteiger partial charge in [-0.05, 0) is 29.0 Å². The molecule has 2 aromatic carbocycles. The van der Waals surface area contributed by atoms with Crippen molar-refractivity contribution in [3.05, 3.63) is 64.4 Å². The topological polar surface area (TPSA) is 35.8 Å². The molecule has 1 N–H and O–H groups in total. The first-order chi connectivity index (χ1) is 9.35. The van der Waals surface area contributed by atoms with E-state index in [0.717, 1.165) is 17.8 Å². The molecular formula is C16H12N2S. The Morgan fingerprint density at radius 3 is 2.68 bits per heavy atom. The van der Waals surface area contributed by atoms with Gasteiger partial charge >= 0.3 is 0 Å². The van der Waals surface area contributed by atoms with Crippen LogP contribution in [0.4, 0.5) is 5.69 Å². The molecule has 0 radical (unpaired) electrons. The molecule has 19 heavy (non-hydrogen) atoms. The zero-order valence-electron chi connectivity index (χ0n) is 10.3. The van der Waals surface area contributed by atoms with Crippen LogP contribution in [0.2, 0.25) is 0 Å². The lowest BCUT2D eigenvalue weighted by Crippen LogP contribution is -1.96. The second-order valence-electron chi connectivity index (χ2n) is 4.33. The molecule has 0 aliphatic carbocycles. The van der Waals surface area contributed by atoms with Crippen molar-refractivity contribution in [1.29, 1.82) is 5.26 Å². The smallest absolute Gasteiger partial charge is 0.100 e. The molecule has 0 aliphatic rings. The van der Waals surface area contributed by atoms with Crippen molar-refractivity contribution in [3.8, 4) is 6.07 Å². The highest BCUT2D eigenvalue weighted by Gasteiger charge is 2.00. The molecule has 3 heteroatoms. The van der Waals surface area contributed by atoms with Gasteiger partial charge in [0.2, 0.25) is 0 Å². The van der Waals surface area contributed by atoms with Gasteiger partial charge in [-0.1, -0.05) is 30.3 Å². The van der Waals surface area contributed by atoms with Crippen LogP contribution in [-0.2, 0) is 6.54 Å². The summed E-state index contributed by atoms with van der Waals surface area (Å²) in [5.41, 5.74) is 1.84. The van der Waals surface area contributed by atoms with Crippen molar-refractivity contribution in [2.75, 3.05) is 5.32 Å². The van der Waals surface area contributed by atoms with Crippen LogP contribution >= 0.6 is 11.3 Å². The predicted octanol–water partition coefficient (Wildman–Crippen LogP) is 4.39. The van der Waals surface area contributed by atoms with Crippen LogP contribution < -0.4 is 5.32 Å². The van der Waals surface area contributed by atoms with Crippen molar-refractivity contribution >= 4 is 27.8 Å². The highest BCUT2D eigenvalue weighted by molar-refractivity contribution is 7.10. The van der Waals surface area contributed by atoms with E-state index in [2.05, 4.69) is 41.7 Å². The molecule has 0 bridgehead atoms. The van der Waals surface area contributed by atoms with Gasteiger partial charge in [0.05, 0.1) is 5.56 Å². The van der Waals surface area contributed by atoms with Gasteiger partial charge in [-0.2, -0.15) is 5.26 Å². The average Bonchev–Trinajstić information content (AvgIpc) is 2.93. The summed E-state index contributed by atoms with van der Waals surface area (Å²) in [4.78, 5) is 1.17. The van der Waals surface area contributed by atoms with E-state index in [1.807, 2.05) is 23.6 Å². The number of nitrogens with one attached hydrogen (secondary N) is 1. The largest absolute Gasteiger partial charge is 0.380 e. The van der Waals surface area contributed by atoms with Crippen molar-refractivity contribution in [3.63, 3.8) is 0 Å². The third-order valence-corrected chi connectivity index (χ3v) is 3.94. The van der Waals surface area contributed by atoms with E-state index in [0.29, 0.717) is 0 Å². The Kier molecular flexibility index (Phi) is 3.18. The molecule has 0 saturated heterocycles. The van der Waals surface area contributed by atoms with E-state index < -0.39 is 0 Å². The van der Waals surface area contributed by atoms with E-state index >= 15 is 0 Å². The molecule has 3 aromatic rings. The van der Waals surface area contributed by atoms with Crippen LogP contribution in [0.3, 0.4) is 0 Å². The molecule has 3 rings (SSSR count). The average molecular weight is 264 g/mol. The van der Waals surface area contributed by atoms with Gasteiger partial charge in [0.1, 0.15) is 6.07 Å². The molecule has 0 unspecified atom stereocenters. The number of anilines is 1. The first-order valence-corrected chi connectivity index (χ1v) is 6.93. The van der Waals surface area contributed by atoms with Crippen molar-refractivity contribution in [1.82, 2.24) is 0 Å². The summed E-state index contributed by atoms with van der Waals surface area (Å²) >= 11 is 1.61. The molecule has 0 aliphatic heterocycles. The molecular weight excluding hydrogens is 252 g/mol. The minimum Gasteiger partial charge on any atom is -0.380 e. The van der Waals surface area contributed by atoms with Crippen LogP contribution in [0.15, 0.2) is 53.9 Å². The summed E-state index contributed by atoms with van der Waals surface area (Å²) in [5.74, 6) is 0. The third-order valence-electron chi connectivity index (χ3n) is 3.00. The number of rotatable bonds is 3. The molecule has 0 fully saturated rings. The summed E-state index contributed by atoms with van der Waals surface area (Å²) < 4.78 is 0. The fraction of sp³-hybridized carbons (Fsp3) is 0.0625. The molecule has 0 amide bonds. The predicted molar refractivity (Wildman–Crippen MR) is 80.3 cm³/mol. The van der Waals surface area contributed by atoms with Crippen LogP contribution in [0, 0.1) is 11.3 Å². The summed E-state index contributed by atoms with van der Waals surface area (Å²) in [6.07, 6.45) is 0. The Labute approximate surface area is 115 Å². The highest BCUT2D eigenvalue weighted by Crippen LogP contribution is 2.20. The lowest BCUT2D eigenvalue weighted by Gasteiger charge is -2.06. The standard InChI is InChI=1S/C16H12N2S/c17-9-12-7-16(19-11-12)10-18-15-6-5-13-3-1-2-4-14(13)8-15/h1-8,11,18H,10H2. The fourth-order valence-electron chi connectivity index (χ4n) is 2.02. The number of fused-ring (bicyclic) bond motifs is 1. The lowest BCUT2D eigenvalue weighted by molar-refractivity contribution is 1.19. The van der Waals surface area contributed by atoms with E-state index in [9.17, 15) is 0 Å². The maximum absolute atomic E-state index is 8.79. The van der Waals surface area contributed by atoms with Crippen LogP contribution in [0.5, 0.6) is 0 Å². The number of benzene rings is 2. The van der Waals surface area contributed by atoms with Gasteiger partial charge in [0, 0.05) is 22.5 Å². The van der Waals surface area contributed by atoms with Crippen LogP contribution in [-0.4, -0.2) is 0 Å². The van der Waals surface area contributed by atoms with Gasteiger partial charge in [-0.3, -0.25) is 0 Å². The van der Waals surface area contributed by atoms with Gasteiger partial charge in [0.15, 0.2) is 0 Å². The van der Waals surface area contributed by atoms with Gasteiger partial charge < -0.3 is 5.32 Å². The quantitative estimate of drug-likeness (QED) is 0.761. The zero-order chi connectivity index (χ0) is 13.1. The van der Waals surface area contributed by atoms with Crippen LogP contribution in [0.1, 0.15) is 10.4 Å². The number of nitrogens with zero attached hydrogens (tertiary/aromatic N) is 1. The summed E-state index contributed by atoms with van der Waals surface area (Å²) in [5, 5.41) is 16.5. The highest BCUT2D eigenvalue weighted by atomic mass is 32.1. The number of hydrogen-bond donors (Lipinski definition) is 1. The zero-order valence-corrected chi connectivity index (χ0v) is 11.1. The van der Waals surface area contributed by atoms with E-state index in [1.54, 1.807) is 11.3 Å². The lowest BCUT2D eigenvalue weighted by atomic mass is 10.1. The van der Waals surface area contributed by atoms with E-state index in [-0.39, 0.29) is 0 Å². The third kappa shape index (κ3) is 2.59. The fourth-order valence-corrected chi connectivity index (χ4v) is 2.77. The summed E-state index contributed by atoms with van der Waals surface area (Å²) in [6.45, 7) is 0.755. The van der Waals surface area contributed by atoms with Crippen molar-refractivity contribution < 1.29 is 0 Å². The number of nitriles is 1. The Morgan fingerprint density at radius 1 is 1.05 bits per heavy atom. The van der Waals surface area contributed by atoms with E-state index in [1.165, 1.54) is 15.6 Å². The SMILES string of the molecule is N#Cc1csc(CNc2ccc3ccccc3c2)c1. The van der Waals surface area contributed by atoms with Gasteiger partial charge in [-0.15, -0.1) is 11.3 Å². The Hall–Kier alpha value is -2.31. The second kappa shape index (κ2) is 5.13. The van der Waals surface area contributed by atoms with Gasteiger partial charge in [-0.25, -0.2) is 0 Å². The molecule has 0 atom stereocenters. The molecule has 2 nitrogen and oxygen atoms in total. The number of thiophene rings is 1. The Bertz CT molecular complexity index is 753. The first kappa shape index (κ1) is 11.8. The summed E-state index contributed by atoms with van der Waals surface area (Å²) in [6, 6.07) is 18.7. The Balaban J connectivity index is 1.76. The minimum atomic E-state index is 0.736. The maximum atomic E-state index is 8.79. The molecule has 0 saturated carbocycles.